The topological polar surface area (TPSA) is 41.1 Å². The molecular formula is C17H24N4. The number of aryl methyl sites for hydroxylation is 1. The Balaban J connectivity index is 2.03. The van der Waals surface area contributed by atoms with Crippen LogP contribution in [-0.4, -0.2) is 28.0 Å². The molecule has 0 amide bonds. The number of hydrogen-bond acceptors (Lipinski definition) is 4. The van der Waals surface area contributed by atoms with Crippen LogP contribution in [0.15, 0.2) is 36.5 Å². The molecule has 0 saturated carbocycles. The van der Waals surface area contributed by atoms with Crippen molar-refractivity contribution >= 4 is 5.69 Å². The molecule has 4 nitrogen and oxygen atoms in total. The van der Waals surface area contributed by atoms with E-state index in [1.807, 2.05) is 25.3 Å². The van der Waals surface area contributed by atoms with Gasteiger partial charge in [0.25, 0.3) is 0 Å². The summed E-state index contributed by atoms with van der Waals surface area (Å²) in [4.78, 5) is 11.4. The lowest BCUT2D eigenvalue weighted by molar-refractivity contribution is 0.265. The maximum Gasteiger partial charge on any atom is 0.0564 e. The van der Waals surface area contributed by atoms with E-state index in [1.165, 1.54) is 0 Å². The number of rotatable bonds is 7. The van der Waals surface area contributed by atoms with Gasteiger partial charge in [0.15, 0.2) is 0 Å². The van der Waals surface area contributed by atoms with Crippen LogP contribution in [0.5, 0.6) is 0 Å². The summed E-state index contributed by atoms with van der Waals surface area (Å²) < 4.78 is 0. The predicted octanol–water partition coefficient (Wildman–Crippen LogP) is 3.24. The van der Waals surface area contributed by atoms with E-state index in [4.69, 9.17) is 0 Å². The van der Waals surface area contributed by atoms with Crippen molar-refractivity contribution in [2.75, 3.05) is 18.4 Å². The zero-order valence-electron chi connectivity index (χ0n) is 13.1. The van der Waals surface area contributed by atoms with Crippen LogP contribution in [0.1, 0.15) is 30.9 Å². The Morgan fingerprint density at radius 2 is 1.90 bits per heavy atom. The molecule has 2 aromatic rings. The van der Waals surface area contributed by atoms with Crippen molar-refractivity contribution in [3.8, 4) is 0 Å². The molecule has 0 aliphatic rings. The number of aromatic nitrogens is 2. The highest BCUT2D eigenvalue weighted by atomic mass is 15.1. The van der Waals surface area contributed by atoms with E-state index < -0.39 is 0 Å². The van der Waals surface area contributed by atoms with Crippen molar-refractivity contribution in [1.82, 2.24) is 14.9 Å². The van der Waals surface area contributed by atoms with Crippen LogP contribution in [0.4, 0.5) is 5.69 Å². The Morgan fingerprint density at radius 1 is 1.10 bits per heavy atom. The second-order valence-corrected chi connectivity index (χ2v) is 5.14. The molecule has 4 heteroatoms. The van der Waals surface area contributed by atoms with Gasteiger partial charge in [0.05, 0.1) is 11.4 Å². The molecular weight excluding hydrogens is 260 g/mol. The third kappa shape index (κ3) is 4.83. The highest BCUT2D eigenvalue weighted by Gasteiger charge is 2.07. The van der Waals surface area contributed by atoms with Crippen LogP contribution in [-0.2, 0) is 13.1 Å². The Bertz CT molecular complexity index is 568. The van der Waals surface area contributed by atoms with Crippen LogP contribution in [0.25, 0.3) is 0 Å². The minimum atomic E-state index is 0.839. The summed E-state index contributed by atoms with van der Waals surface area (Å²) in [5.74, 6) is 0. The molecule has 0 fully saturated rings. The lowest BCUT2D eigenvalue weighted by atomic mass is 10.2. The highest BCUT2D eigenvalue weighted by Crippen LogP contribution is 2.11. The first-order valence-electron chi connectivity index (χ1n) is 7.55. The number of hydrogen-bond donors (Lipinski definition) is 1. The first-order chi connectivity index (χ1) is 10.2. The summed E-state index contributed by atoms with van der Waals surface area (Å²) in [7, 11) is 0. The second kappa shape index (κ2) is 7.74. The summed E-state index contributed by atoms with van der Waals surface area (Å²) in [6, 6.07) is 10.3. The summed E-state index contributed by atoms with van der Waals surface area (Å²) in [5, 5.41) is 3.33. The van der Waals surface area contributed by atoms with Crippen molar-refractivity contribution in [2.45, 2.75) is 33.9 Å². The predicted molar refractivity (Wildman–Crippen MR) is 87.2 cm³/mol. The van der Waals surface area contributed by atoms with Crippen molar-refractivity contribution in [2.24, 2.45) is 0 Å². The van der Waals surface area contributed by atoms with Crippen molar-refractivity contribution in [3.63, 3.8) is 0 Å². The lowest BCUT2D eigenvalue weighted by Crippen LogP contribution is -2.23. The molecule has 0 radical (unpaired) electrons. The second-order valence-electron chi connectivity index (χ2n) is 5.14. The standard InChI is InChI=1S/C17H24N4/c1-4-18-15-9-10-19-17(11-15)13-21(5-2)12-16-8-6-7-14(3)20-16/h6-11H,4-5,12-13H2,1-3H3,(H,18,19). The van der Waals surface area contributed by atoms with Gasteiger partial charge in [-0.05, 0) is 44.7 Å². The molecule has 0 atom stereocenters. The van der Waals surface area contributed by atoms with Gasteiger partial charge in [-0.15, -0.1) is 0 Å². The number of nitrogens with zero attached hydrogens (tertiary/aromatic N) is 3. The fourth-order valence-electron chi connectivity index (χ4n) is 2.30. The Morgan fingerprint density at radius 3 is 2.62 bits per heavy atom. The zero-order chi connectivity index (χ0) is 15.1. The first kappa shape index (κ1) is 15.4. The summed E-state index contributed by atoms with van der Waals surface area (Å²) in [5.41, 5.74) is 4.39. The first-order valence-corrected chi connectivity index (χ1v) is 7.55. The average molecular weight is 284 g/mol. The van der Waals surface area contributed by atoms with Crippen molar-refractivity contribution in [1.29, 1.82) is 0 Å². The fourth-order valence-corrected chi connectivity index (χ4v) is 2.30. The van der Waals surface area contributed by atoms with Crippen molar-refractivity contribution in [3.05, 3.63) is 53.6 Å². The van der Waals surface area contributed by atoms with E-state index in [2.05, 4.69) is 52.2 Å². The van der Waals surface area contributed by atoms with Gasteiger partial charge < -0.3 is 5.32 Å². The average Bonchev–Trinajstić information content (AvgIpc) is 2.47. The van der Waals surface area contributed by atoms with Gasteiger partial charge in [0.2, 0.25) is 0 Å². The van der Waals surface area contributed by atoms with Gasteiger partial charge >= 0.3 is 0 Å². The maximum atomic E-state index is 4.58. The van der Waals surface area contributed by atoms with Gasteiger partial charge in [0, 0.05) is 37.2 Å². The number of nitrogens with one attached hydrogen (secondary N) is 1. The Kier molecular flexibility index (Phi) is 5.69. The molecule has 0 spiro atoms. The molecule has 0 saturated heterocycles. The van der Waals surface area contributed by atoms with E-state index in [-0.39, 0.29) is 0 Å². The quantitative estimate of drug-likeness (QED) is 0.847. The van der Waals surface area contributed by atoms with E-state index >= 15 is 0 Å². The largest absolute Gasteiger partial charge is 0.385 e. The van der Waals surface area contributed by atoms with E-state index in [0.717, 1.165) is 48.9 Å². The summed E-state index contributed by atoms with van der Waals surface area (Å²) in [6.07, 6.45) is 1.87. The van der Waals surface area contributed by atoms with Crippen LogP contribution in [0.2, 0.25) is 0 Å². The van der Waals surface area contributed by atoms with E-state index in [0.29, 0.717) is 0 Å². The molecule has 0 aliphatic carbocycles. The summed E-state index contributed by atoms with van der Waals surface area (Å²) in [6.45, 7) is 9.89. The van der Waals surface area contributed by atoms with Gasteiger partial charge in [-0.25, -0.2) is 0 Å². The molecule has 112 valence electrons. The summed E-state index contributed by atoms with van der Waals surface area (Å²) >= 11 is 0. The SMILES string of the molecule is CCNc1ccnc(CN(CC)Cc2cccc(C)n2)c1. The molecule has 2 rings (SSSR count). The molecule has 0 unspecified atom stereocenters. The molecule has 21 heavy (non-hydrogen) atoms. The van der Waals surface area contributed by atoms with Gasteiger partial charge in [-0.3, -0.25) is 14.9 Å². The number of anilines is 1. The third-order valence-corrected chi connectivity index (χ3v) is 3.36. The van der Waals surface area contributed by atoms with Crippen LogP contribution in [0.3, 0.4) is 0 Å². The minimum Gasteiger partial charge on any atom is -0.385 e. The molecule has 0 aromatic carbocycles. The van der Waals surface area contributed by atoms with Crippen LogP contribution < -0.4 is 5.32 Å². The minimum absolute atomic E-state index is 0.839. The van der Waals surface area contributed by atoms with Crippen molar-refractivity contribution < 1.29 is 0 Å². The number of pyridine rings is 2. The smallest absolute Gasteiger partial charge is 0.0564 e. The normalized spacial score (nSPS) is 10.9. The highest BCUT2D eigenvalue weighted by molar-refractivity contribution is 5.42. The molecule has 1 N–H and O–H groups in total. The van der Waals surface area contributed by atoms with Crippen LogP contribution >= 0.6 is 0 Å². The third-order valence-electron chi connectivity index (χ3n) is 3.36. The van der Waals surface area contributed by atoms with Gasteiger partial charge in [-0.1, -0.05) is 13.0 Å². The monoisotopic (exact) mass is 284 g/mol. The molecule has 0 bridgehead atoms. The maximum absolute atomic E-state index is 4.58. The zero-order valence-corrected chi connectivity index (χ0v) is 13.1. The fraction of sp³-hybridized carbons (Fsp3) is 0.412. The van der Waals surface area contributed by atoms with Gasteiger partial charge in [-0.2, -0.15) is 0 Å². The van der Waals surface area contributed by atoms with Gasteiger partial charge in [0.1, 0.15) is 0 Å². The van der Waals surface area contributed by atoms with E-state index in [9.17, 15) is 0 Å². The Labute approximate surface area is 127 Å². The Hall–Kier alpha value is -1.94. The lowest BCUT2D eigenvalue weighted by Gasteiger charge is -2.20. The molecule has 2 aromatic heterocycles. The molecule has 2 heterocycles. The molecule has 0 aliphatic heterocycles. The van der Waals surface area contributed by atoms with Crippen LogP contribution in [0, 0.1) is 6.92 Å². The van der Waals surface area contributed by atoms with E-state index in [1.54, 1.807) is 0 Å².